The predicted octanol–water partition coefficient (Wildman–Crippen LogP) is 1.40. The first-order valence-corrected chi connectivity index (χ1v) is 13.6. The highest BCUT2D eigenvalue weighted by atomic mass is 16.5. The number of amides is 1. The van der Waals surface area contributed by atoms with E-state index in [-0.39, 0.29) is 41.9 Å². The van der Waals surface area contributed by atoms with E-state index in [0.29, 0.717) is 18.2 Å². The van der Waals surface area contributed by atoms with Gasteiger partial charge in [-0.3, -0.25) is 14.5 Å². The largest absolute Gasteiger partial charge is 0.379 e. The lowest BCUT2D eigenvalue weighted by Crippen LogP contribution is -2.71. The third kappa shape index (κ3) is 4.54. The fourth-order valence-electron chi connectivity index (χ4n) is 7.00. The summed E-state index contributed by atoms with van der Waals surface area (Å²) in [5, 5.41) is 3.03. The maximum absolute atomic E-state index is 13.6. The summed E-state index contributed by atoms with van der Waals surface area (Å²) >= 11 is 0. The van der Waals surface area contributed by atoms with Crippen LogP contribution < -0.4 is 5.32 Å². The van der Waals surface area contributed by atoms with E-state index in [1.165, 1.54) is 12.8 Å². The first-order valence-electron chi connectivity index (χ1n) is 13.6. The van der Waals surface area contributed by atoms with E-state index in [1.54, 1.807) is 0 Å². The van der Waals surface area contributed by atoms with Crippen LogP contribution in [0.2, 0.25) is 0 Å². The average molecular weight is 475 g/mol. The van der Waals surface area contributed by atoms with Crippen LogP contribution in [-0.4, -0.2) is 109 Å². The van der Waals surface area contributed by atoms with E-state index in [2.05, 4.69) is 33.9 Å². The van der Waals surface area contributed by atoms with Crippen molar-refractivity contribution in [3.05, 3.63) is 11.8 Å². The van der Waals surface area contributed by atoms with E-state index in [4.69, 9.17) is 9.47 Å². The topological polar surface area (TPSA) is 74.3 Å². The summed E-state index contributed by atoms with van der Waals surface area (Å²) in [6.07, 6.45) is 8.42. The van der Waals surface area contributed by atoms with Crippen molar-refractivity contribution < 1.29 is 19.1 Å². The van der Waals surface area contributed by atoms with E-state index in [9.17, 15) is 9.59 Å². The van der Waals surface area contributed by atoms with Gasteiger partial charge in [0.1, 0.15) is 0 Å². The van der Waals surface area contributed by atoms with Crippen LogP contribution in [0.4, 0.5) is 0 Å². The first kappa shape index (κ1) is 24.2. The Morgan fingerprint density at radius 2 is 1.85 bits per heavy atom. The number of morpholine rings is 2. The molecule has 0 aromatic carbocycles. The maximum Gasteiger partial charge on any atom is 0.256 e. The minimum atomic E-state index is -0.207. The van der Waals surface area contributed by atoms with Gasteiger partial charge in [-0.05, 0) is 38.8 Å². The Morgan fingerprint density at radius 1 is 1.09 bits per heavy atom. The number of nitrogens with zero attached hydrogens (tertiary/aromatic N) is 3. The Hall–Kier alpha value is -1.48. The molecule has 1 amide bonds. The van der Waals surface area contributed by atoms with E-state index >= 15 is 0 Å². The smallest absolute Gasteiger partial charge is 0.256 e. The van der Waals surface area contributed by atoms with Crippen molar-refractivity contribution in [1.29, 1.82) is 0 Å². The van der Waals surface area contributed by atoms with Gasteiger partial charge >= 0.3 is 0 Å². The third-order valence-corrected chi connectivity index (χ3v) is 8.88. The number of hydrogen-bond acceptors (Lipinski definition) is 7. The zero-order valence-electron chi connectivity index (χ0n) is 20.9. The second kappa shape index (κ2) is 10.6. The average Bonchev–Trinajstić information content (AvgIpc) is 2.88. The highest BCUT2D eigenvalue weighted by molar-refractivity contribution is 6.20. The molecule has 1 N–H and O–H groups in total. The van der Waals surface area contributed by atoms with Crippen LogP contribution >= 0.6 is 0 Å². The number of fused-ring (bicyclic) bond motifs is 2. The van der Waals surface area contributed by atoms with E-state index in [1.807, 2.05) is 6.20 Å². The molecule has 3 heterocycles. The molecule has 3 aliphatic heterocycles. The summed E-state index contributed by atoms with van der Waals surface area (Å²) < 4.78 is 12.4. The predicted molar refractivity (Wildman–Crippen MR) is 129 cm³/mol. The second-order valence-electron chi connectivity index (χ2n) is 10.5. The Balaban J connectivity index is 1.38. The molecular weight excluding hydrogens is 432 g/mol. The van der Waals surface area contributed by atoms with Crippen LogP contribution in [0.1, 0.15) is 52.4 Å². The monoisotopic (exact) mass is 474 g/mol. The zero-order valence-corrected chi connectivity index (χ0v) is 20.9. The van der Waals surface area contributed by atoms with Crippen LogP contribution in [0, 0.1) is 5.92 Å². The van der Waals surface area contributed by atoms with Gasteiger partial charge in [-0.1, -0.05) is 26.7 Å². The molecule has 5 rings (SSSR count). The Kier molecular flexibility index (Phi) is 7.58. The van der Waals surface area contributed by atoms with Crippen molar-refractivity contribution in [2.45, 2.75) is 82.7 Å². The van der Waals surface area contributed by atoms with E-state index in [0.717, 1.165) is 71.6 Å². The standard InChI is InChI=1S/C26H42N4O4/c1-3-28(4-2)12-11-27-26(32)19-17-30-20-7-5-6-8-22(20)34-25-21(29-13-15-33-16-14-29)10-9-18(23(25)30)24(19)31/h17-18,20-23,25H,3-16H2,1-2H3,(H,27,32). The Morgan fingerprint density at radius 3 is 2.62 bits per heavy atom. The number of carbonyl (C=O) groups excluding carboxylic acids is 2. The van der Waals surface area contributed by atoms with Crippen molar-refractivity contribution in [2.24, 2.45) is 5.92 Å². The van der Waals surface area contributed by atoms with Crippen molar-refractivity contribution in [2.75, 3.05) is 52.5 Å². The lowest BCUT2D eigenvalue weighted by molar-refractivity contribution is -0.203. The van der Waals surface area contributed by atoms with Gasteiger partial charge in [0, 0.05) is 44.3 Å². The molecule has 0 radical (unpaired) electrons. The van der Waals surface area contributed by atoms with Crippen LogP contribution in [-0.2, 0) is 19.1 Å². The zero-order chi connectivity index (χ0) is 23.7. The molecule has 8 nitrogen and oxygen atoms in total. The number of nitrogens with one attached hydrogen (secondary N) is 1. The van der Waals surface area contributed by atoms with Gasteiger partial charge < -0.3 is 24.6 Å². The molecule has 8 heteroatoms. The number of carbonyl (C=O) groups is 2. The van der Waals surface area contributed by atoms with Gasteiger partial charge in [-0.25, -0.2) is 0 Å². The van der Waals surface area contributed by atoms with Crippen molar-refractivity contribution in [1.82, 2.24) is 20.0 Å². The molecule has 2 saturated carbocycles. The molecule has 190 valence electrons. The summed E-state index contributed by atoms with van der Waals surface area (Å²) in [6.45, 7) is 10.9. The van der Waals surface area contributed by atoms with Crippen LogP contribution in [0.15, 0.2) is 11.8 Å². The second-order valence-corrected chi connectivity index (χ2v) is 10.5. The number of hydrogen-bond donors (Lipinski definition) is 1. The number of rotatable bonds is 7. The van der Waals surface area contributed by atoms with E-state index < -0.39 is 0 Å². The van der Waals surface area contributed by atoms with Gasteiger partial charge in [0.15, 0.2) is 5.78 Å². The van der Waals surface area contributed by atoms with Crippen molar-refractivity contribution in [3.63, 3.8) is 0 Å². The fraction of sp³-hybridized carbons (Fsp3) is 0.846. The maximum atomic E-state index is 13.6. The number of likely N-dealkylation sites (N-methyl/N-ethyl adjacent to an activating group) is 1. The SMILES string of the molecule is CCN(CC)CCNC(=O)C1=CN2C3CCCCC3OC3C(N4CCOCC4)CCC(C1=O)C32. The lowest BCUT2D eigenvalue weighted by Gasteiger charge is -2.60. The molecule has 2 saturated heterocycles. The van der Waals surface area contributed by atoms with Gasteiger partial charge in [0.05, 0.1) is 43.1 Å². The molecule has 0 bridgehead atoms. The molecule has 2 aliphatic carbocycles. The highest BCUT2D eigenvalue weighted by Gasteiger charge is 2.56. The molecule has 0 aromatic rings. The lowest BCUT2D eigenvalue weighted by atomic mass is 9.70. The minimum Gasteiger partial charge on any atom is -0.379 e. The molecule has 6 unspecified atom stereocenters. The molecule has 4 fully saturated rings. The molecule has 0 aromatic heterocycles. The highest BCUT2D eigenvalue weighted by Crippen LogP contribution is 2.45. The molecule has 6 atom stereocenters. The quantitative estimate of drug-likeness (QED) is 0.559. The Bertz CT molecular complexity index is 779. The first-order chi connectivity index (χ1) is 16.6. The van der Waals surface area contributed by atoms with Crippen molar-refractivity contribution in [3.8, 4) is 0 Å². The molecule has 0 spiro atoms. The summed E-state index contributed by atoms with van der Waals surface area (Å²) in [6, 6.07) is 0.634. The normalized spacial score (nSPS) is 36.0. The number of ketones is 1. The van der Waals surface area contributed by atoms with Gasteiger partial charge in [0.2, 0.25) is 0 Å². The summed E-state index contributed by atoms with van der Waals surface area (Å²) in [4.78, 5) is 34.0. The molecule has 34 heavy (non-hydrogen) atoms. The summed E-state index contributed by atoms with van der Waals surface area (Å²) in [5.74, 6) is -0.343. The minimum absolute atomic E-state index is 0.0173. The van der Waals surface area contributed by atoms with Gasteiger partial charge in [0.25, 0.3) is 5.91 Å². The van der Waals surface area contributed by atoms with Crippen LogP contribution in [0.5, 0.6) is 0 Å². The Labute approximate surface area is 204 Å². The van der Waals surface area contributed by atoms with Gasteiger partial charge in [-0.15, -0.1) is 0 Å². The molecular formula is C26H42N4O4. The summed E-state index contributed by atoms with van der Waals surface area (Å²) in [5.41, 5.74) is 0.357. The number of Topliss-reactive ketones (excluding diaryl/α,β-unsaturated/α-hetero) is 1. The van der Waals surface area contributed by atoms with Crippen LogP contribution in [0.3, 0.4) is 0 Å². The summed E-state index contributed by atoms with van der Waals surface area (Å²) in [7, 11) is 0. The molecule has 5 aliphatic rings. The fourth-order valence-corrected chi connectivity index (χ4v) is 7.00. The van der Waals surface area contributed by atoms with Gasteiger partial charge in [-0.2, -0.15) is 0 Å². The number of ether oxygens (including phenoxy) is 2. The van der Waals surface area contributed by atoms with Crippen molar-refractivity contribution >= 4 is 11.7 Å². The van der Waals surface area contributed by atoms with Crippen LogP contribution in [0.25, 0.3) is 0 Å². The third-order valence-electron chi connectivity index (χ3n) is 8.88.